The number of thiazole rings is 1. The minimum atomic E-state index is -3.72. The van der Waals surface area contributed by atoms with Gasteiger partial charge in [0.25, 0.3) is 10.0 Å². The second-order valence-corrected chi connectivity index (χ2v) is 8.91. The van der Waals surface area contributed by atoms with Crippen molar-refractivity contribution in [2.75, 3.05) is 0 Å². The molecule has 0 radical (unpaired) electrons. The highest BCUT2D eigenvalue weighted by Gasteiger charge is 2.22. The van der Waals surface area contributed by atoms with Crippen LogP contribution in [0.4, 0.5) is 0 Å². The fourth-order valence-electron chi connectivity index (χ4n) is 2.34. The number of benzene rings is 1. The molecule has 6 heteroatoms. The van der Waals surface area contributed by atoms with E-state index in [2.05, 4.69) is 31.7 Å². The third kappa shape index (κ3) is 3.82. The molecule has 0 aliphatic carbocycles. The Morgan fingerprint density at radius 1 is 1.26 bits per heavy atom. The van der Waals surface area contributed by atoms with Crippen LogP contribution in [0.15, 0.2) is 52.3 Å². The molecule has 124 valence electrons. The molecule has 2 rings (SSSR count). The van der Waals surface area contributed by atoms with Crippen molar-refractivity contribution in [1.29, 1.82) is 0 Å². The van der Waals surface area contributed by atoms with Gasteiger partial charge < -0.3 is 4.57 Å². The maximum Gasteiger partial charge on any atom is 0.285 e. The Bertz CT molecular complexity index is 868. The predicted octanol–water partition coefficient (Wildman–Crippen LogP) is 3.63. The molecule has 0 spiro atoms. The Morgan fingerprint density at radius 2 is 1.87 bits per heavy atom. The molecule has 1 heterocycles. The van der Waals surface area contributed by atoms with E-state index < -0.39 is 10.0 Å². The smallest absolute Gasteiger partial charge is 0.285 e. The Hall–Kier alpha value is -1.66. The van der Waals surface area contributed by atoms with E-state index in [1.807, 2.05) is 11.5 Å². The maximum atomic E-state index is 12.5. The number of aromatic nitrogens is 1. The Labute approximate surface area is 141 Å². The van der Waals surface area contributed by atoms with Gasteiger partial charge in [-0.1, -0.05) is 45.0 Å². The average Bonchev–Trinajstić information content (AvgIpc) is 2.77. The van der Waals surface area contributed by atoms with E-state index >= 15 is 0 Å². The van der Waals surface area contributed by atoms with Crippen molar-refractivity contribution in [3.63, 3.8) is 0 Å². The van der Waals surface area contributed by atoms with Gasteiger partial charge in [0.2, 0.25) is 4.80 Å². The zero-order valence-electron chi connectivity index (χ0n) is 13.9. The molecule has 0 atom stereocenters. The van der Waals surface area contributed by atoms with Crippen LogP contribution < -0.4 is 4.80 Å². The van der Waals surface area contributed by atoms with Crippen molar-refractivity contribution in [3.05, 3.63) is 58.4 Å². The maximum absolute atomic E-state index is 12.5. The topological polar surface area (TPSA) is 51.4 Å². The number of nitrogens with zero attached hydrogens (tertiary/aromatic N) is 2. The highest BCUT2D eigenvalue weighted by molar-refractivity contribution is 7.90. The molecule has 0 unspecified atom stereocenters. The molecule has 1 aromatic carbocycles. The monoisotopic (exact) mass is 350 g/mol. The third-order valence-corrected chi connectivity index (χ3v) is 6.39. The number of hydrogen-bond acceptors (Lipinski definition) is 3. The Kier molecular flexibility index (Phi) is 4.96. The van der Waals surface area contributed by atoms with Crippen LogP contribution in [0.5, 0.6) is 0 Å². The molecule has 0 fully saturated rings. The van der Waals surface area contributed by atoms with Gasteiger partial charge in [-0.2, -0.15) is 8.42 Å². The lowest BCUT2D eigenvalue weighted by molar-refractivity contribution is 0.589. The molecule has 1 aromatic heterocycles. The molecule has 0 aliphatic heterocycles. The van der Waals surface area contributed by atoms with Crippen LogP contribution in [0, 0.1) is 6.92 Å². The number of sulfonamides is 1. The molecule has 0 bridgehead atoms. The van der Waals surface area contributed by atoms with Gasteiger partial charge >= 0.3 is 0 Å². The summed E-state index contributed by atoms with van der Waals surface area (Å²) in [4.78, 5) is 1.81. The van der Waals surface area contributed by atoms with Gasteiger partial charge in [0.1, 0.15) is 0 Å². The number of allylic oxidation sites excluding steroid dienone is 1. The average molecular weight is 351 g/mol. The number of rotatable bonds is 4. The van der Waals surface area contributed by atoms with E-state index in [1.165, 1.54) is 11.3 Å². The summed E-state index contributed by atoms with van der Waals surface area (Å²) in [6, 6.07) is 8.29. The quantitative estimate of drug-likeness (QED) is 0.791. The lowest BCUT2D eigenvalue weighted by Gasteiger charge is -2.17. The van der Waals surface area contributed by atoms with Crippen molar-refractivity contribution in [2.45, 2.75) is 44.6 Å². The van der Waals surface area contributed by atoms with E-state index in [0.29, 0.717) is 11.3 Å². The molecular weight excluding hydrogens is 328 g/mol. The van der Waals surface area contributed by atoms with E-state index in [1.54, 1.807) is 36.4 Å². The Morgan fingerprint density at radius 3 is 2.39 bits per heavy atom. The van der Waals surface area contributed by atoms with Gasteiger partial charge in [-0.25, -0.2) is 0 Å². The predicted molar refractivity (Wildman–Crippen MR) is 95.1 cm³/mol. The van der Waals surface area contributed by atoms with Crippen LogP contribution in [-0.4, -0.2) is 13.0 Å². The van der Waals surface area contributed by atoms with E-state index in [4.69, 9.17) is 0 Å². The van der Waals surface area contributed by atoms with Gasteiger partial charge in [0, 0.05) is 17.1 Å². The first-order valence-corrected chi connectivity index (χ1v) is 9.60. The van der Waals surface area contributed by atoms with Gasteiger partial charge in [0.15, 0.2) is 0 Å². The second-order valence-electron chi connectivity index (χ2n) is 6.33. The fourth-order valence-corrected chi connectivity index (χ4v) is 4.76. The first kappa shape index (κ1) is 17.7. The standard InChI is InChI=1S/C17H22N2O2S2/c1-6-12-19-13(2)15(17(3,4)5)22-16(19)18-23(20,21)14-10-8-7-9-11-14/h6-11H,1,12H2,2-5H3/b18-16-. The Balaban J connectivity index is 2.70. The summed E-state index contributed by atoms with van der Waals surface area (Å²) in [6.45, 7) is 12.6. The largest absolute Gasteiger partial charge is 0.316 e. The van der Waals surface area contributed by atoms with E-state index in [-0.39, 0.29) is 10.3 Å². The molecule has 0 amide bonds. The van der Waals surface area contributed by atoms with Crippen LogP contribution in [0.1, 0.15) is 31.3 Å². The van der Waals surface area contributed by atoms with Crippen molar-refractivity contribution < 1.29 is 8.42 Å². The van der Waals surface area contributed by atoms with Crippen molar-refractivity contribution in [1.82, 2.24) is 4.57 Å². The minimum Gasteiger partial charge on any atom is -0.316 e. The van der Waals surface area contributed by atoms with E-state index in [9.17, 15) is 8.42 Å². The van der Waals surface area contributed by atoms with Crippen molar-refractivity contribution >= 4 is 21.4 Å². The van der Waals surface area contributed by atoms with E-state index in [0.717, 1.165) is 10.6 Å². The first-order valence-electron chi connectivity index (χ1n) is 7.34. The summed E-state index contributed by atoms with van der Waals surface area (Å²) in [5, 5.41) is 0. The van der Waals surface area contributed by atoms with Gasteiger partial charge in [-0.3, -0.25) is 0 Å². The summed E-state index contributed by atoms with van der Waals surface area (Å²) >= 11 is 1.42. The molecule has 4 nitrogen and oxygen atoms in total. The van der Waals surface area contributed by atoms with Crippen molar-refractivity contribution in [2.24, 2.45) is 4.40 Å². The third-order valence-electron chi connectivity index (χ3n) is 3.39. The molecule has 0 N–H and O–H groups in total. The molecular formula is C17H22N2O2S2. The zero-order chi connectivity index (χ0) is 17.3. The molecule has 0 saturated carbocycles. The lowest BCUT2D eigenvalue weighted by atomic mass is 9.93. The summed E-state index contributed by atoms with van der Waals surface area (Å²) in [7, 11) is -3.72. The van der Waals surface area contributed by atoms with Crippen LogP contribution in [-0.2, 0) is 22.0 Å². The van der Waals surface area contributed by atoms with Crippen LogP contribution >= 0.6 is 11.3 Å². The van der Waals surface area contributed by atoms with Crippen LogP contribution in [0.3, 0.4) is 0 Å². The van der Waals surface area contributed by atoms with Crippen molar-refractivity contribution in [3.8, 4) is 0 Å². The molecule has 0 aliphatic rings. The summed E-state index contributed by atoms with van der Waals surface area (Å²) in [6.07, 6.45) is 1.75. The SMILES string of the molecule is C=CCn1c(C)c(C(C)(C)C)s/c1=N\S(=O)(=O)c1ccccc1. The van der Waals surface area contributed by atoms with Crippen LogP contribution in [0.25, 0.3) is 0 Å². The first-order chi connectivity index (χ1) is 10.7. The fraction of sp³-hybridized carbons (Fsp3) is 0.353. The highest BCUT2D eigenvalue weighted by Crippen LogP contribution is 2.28. The van der Waals surface area contributed by atoms with Gasteiger partial charge in [-0.15, -0.1) is 22.3 Å². The molecule has 23 heavy (non-hydrogen) atoms. The number of hydrogen-bond donors (Lipinski definition) is 0. The summed E-state index contributed by atoms with van der Waals surface area (Å²) in [5.41, 5.74) is 0.964. The zero-order valence-corrected chi connectivity index (χ0v) is 15.5. The van der Waals surface area contributed by atoms with Gasteiger partial charge in [-0.05, 0) is 24.5 Å². The molecule has 0 saturated heterocycles. The van der Waals surface area contributed by atoms with Crippen LogP contribution in [0.2, 0.25) is 0 Å². The minimum absolute atomic E-state index is 0.0675. The molecule has 2 aromatic rings. The highest BCUT2D eigenvalue weighted by atomic mass is 32.2. The normalized spacial score (nSPS) is 13.3. The lowest BCUT2D eigenvalue weighted by Crippen LogP contribution is -2.18. The summed E-state index contributed by atoms with van der Waals surface area (Å²) < 4.78 is 31.0. The second kappa shape index (κ2) is 6.45. The summed E-state index contributed by atoms with van der Waals surface area (Å²) in [5.74, 6) is 0. The van der Waals surface area contributed by atoms with Gasteiger partial charge in [0.05, 0.1) is 4.90 Å².